The largest absolute Gasteiger partial charge is 0.505 e. The molecule has 1 aromatic carbocycles. The summed E-state index contributed by atoms with van der Waals surface area (Å²) in [4.78, 5) is 0. The lowest BCUT2D eigenvalue weighted by atomic mass is 9.63. The number of hydrogen-bond donors (Lipinski definition) is 2. The minimum absolute atomic E-state index is 0.0526. The van der Waals surface area contributed by atoms with Crippen molar-refractivity contribution >= 4 is 28.9 Å². The van der Waals surface area contributed by atoms with Crippen LogP contribution in [0.15, 0.2) is 12.1 Å². The van der Waals surface area contributed by atoms with E-state index in [9.17, 15) is 5.11 Å². The average molecular weight is 316 g/mol. The fourth-order valence-electron chi connectivity index (χ4n) is 3.83. The number of rotatable bonds is 2. The molecule has 2 rings (SSSR count). The average Bonchev–Trinajstić information content (AvgIpc) is 2.21. The van der Waals surface area contributed by atoms with Gasteiger partial charge in [0.25, 0.3) is 0 Å². The first-order valence-corrected chi connectivity index (χ1v) is 7.78. The lowest BCUT2D eigenvalue weighted by molar-refractivity contribution is 0.105. The Morgan fingerprint density at radius 1 is 1.05 bits per heavy atom. The molecule has 0 amide bonds. The van der Waals surface area contributed by atoms with Crippen molar-refractivity contribution in [1.29, 1.82) is 0 Å². The number of aromatic hydroxyl groups is 1. The topological polar surface area (TPSA) is 32.3 Å². The van der Waals surface area contributed by atoms with Crippen LogP contribution in [0.4, 0.5) is 5.69 Å². The molecule has 1 saturated carbocycles. The van der Waals surface area contributed by atoms with Crippen molar-refractivity contribution in [2.24, 2.45) is 10.8 Å². The van der Waals surface area contributed by atoms with Crippen molar-refractivity contribution in [2.45, 2.75) is 53.0 Å². The Balaban J connectivity index is 2.17. The van der Waals surface area contributed by atoms with Gasteiger partial charge in [0.05, 0.1) is 10.0 Å². The third-order valence-electron chi connectivity index (χ3n) is 3.94. The van der Waals surface area contributed by atoms with Crippen LogP contribution in [-0.4, -0.2) is 11.1 Å². The molecule has 0 spiro atoms. The molecule has 0 saturated heterocycles. The number of nitrogens with one attached hydrogen (secondary N) is 1. The Morgan fingerprint density at radius 3 is 1.95 bits per heavy atom. The summed E-state index contributed by atoms with van der Waals surface area (Å²) in [6, 6.07) is 3.86. The van der Waals surface area contributed by atoms with E-state index >= 15 is 0 Å². The number of anilines is 1. The molecule has 2 nitrogen and oxygen atoms in total. The minimum Gasteiger partial charge on any atom is -0.505 e. The molecular weight excluding hydrogens is 293 g/mol. The number of hydrogen-bond acceptors (Lipinski definition) is 2. The van der Waals surface area contributed by atoms with Gasteiger partial charge in [-0.15, -0.1) is 0 Å². The van der Waals surface area contributed by atoms with Crippen LogP contribution in [0, 0.1) is 10.8 Å². The predicted octanol–water partition coefficient (Wildman–Crippen LogP) is 5.72. The predicted molar refractivity (Wildman–Crippen MR) is 87.0 cm³/mol. The number of benzene rings is 1. The highest BCUT2D eigenvalue weighted by molar-refractivity contribution is 6.37. The fraction of sp³-hybridized carbons (Fsp3) is 0.625. The molecule has 1 aliphatic rings. The molecule has 1 fully saturated rings. The molecule has 0 atom stereocenters. The van der Waals surface area contributed by atoms with Crippen LogP contribution in [0.5, 0.6) is 5.75 Å². The smallest absolute Gasteiger partial charge is 0.152 e. The second kappa shape index (κ2) is 5.31. The summed E-state index contributed by atoms with van der Waals surface area (Å²) in [7, 11) is 0. The number of phenols is 1. The Bertz CT molecular complexity index is 472. The van der Waals surface area contributed by atoms with Crippen molar-refractivity contribution in [3.05, 3.63) is 22.2 Å². The molecule has 4 heteroatoms. The van der Waals surface area contributed by atoms with Gasteiger partial charge in [0.2, 0.25) is 0 Å². The van der Waals surface area contributed by atoms with Crippen LogP contribution in [0.2, 0.25) is 10.0 Å². The summed E-state index contributed by atoms with van der Waals surface area (Å²) in [5.41, 5.74) is 1.52. The molecule has 1 aromatic rings. The second-order valence-electron chi connectivity index (χ2n) is 7.54. The lowest BCUT2D eigenvalue weighted by Crippen LogP contribution is -2.40. The third kappa shape index (κ3) is 3.73. The minimum atomic E-state index is -0.0526. The monoisotopic (exact) mass is 315 g/mol. The van der Waals surface area contributed by atoms with Crippen LogP contribution >= 0.6 is 23.2 Å². The van der Waals surface area contributed by atoms with E-state index in [1.54, 1.807) is 12.1 Å². The molecule has 0 aromatic heterocycles. The summed E-state index contributed by atoms with van der Waals surface area (Å²) in [6.45, 7) is 9.28. The van der Waals surface area contributed by atoms with Crippen molar-refractivity contribution in [2.75, 3.05) is 5.32 Å². The maximum atomic E-state index is 9.61. The van der Waals surface area contributed by atoms with Gasteiger partial charge in [0, 0.05) is 11.7 Å². The van der Waals surface area contributed by atoms with Gasteiger partial charge in [0.1, 0.15) is 0 Å². The Morgan fingerprint density at radius 2 is 1.50 bits per heavy atom. The molecule has 20 heavy (non-hydrogen) atoms. The number of phenolic OH excluding ortho intramolecular Hbond substituents is 1. The Hall–Kier alpha value is -0.600. The normalized spacial score (nSPS) is 21.7. The zero-order valence-corrected chi connectivity index (χ0v) is 14.1. The van der Waals surface area contributed by atoms with Crippen LogP contribution in [0.1, 0.15) is 47.0 Å². The van der Waals surface area contributed by atoms with Gasteiger partial charge in [-0.1, -0.05) is 50.9 Å². The van der Waals surface area contributed by atoms with Crippen LogP contribution in [-0.2, 0) is 0 Å². The first kappa shape index (κ1) is 15.8. The van der Waals surface area contributed by atoms with E-state index in [-0.39, 0.29) is 15.8 Å². The van der Waals surface area contributed by atoms with Crippen LogP contribution in [0.25, 0.3) is 0 Å². The van der Waals surface area contributed by atoms with Gasteiger partial charge in [-0.25, -0.2) is 0 Å². The van der Waals surface area contributed by atoms with E-state index in [0.717, 1.165) is 18.5 Å². The molecule has 0 bridgehead atoms. The zero-order chi connectivity index (χ0) is 15.1. The summed E-state index contributed by atoms with van der Waals surface area (Å²) in [6.07, 6.45) is 3.47. The van der Waals surface area contributed by atoms with Gasteiger partial charge in [-0.2, -0.15) is 0 Å². The maximum absolute atomic E-state index is 9.61. The number of halogens is 2. The zero-order valence-electron chi connectivity index (χ0n) is 12.6. The molecule has 2 N–H and O–H groups in total. The molecule has 1 aliphatic carbocycles. The van der Waals surface area contributed by atoms with E-state index in [2.05, 4.69) is 33.0 Å². The van der Waals surface area contributed by atoms with Gasteiger partial charge < -0.3 is 10.4 Å². The summed E-state index contributed by atoms with van der Waals surface area (Å²) >= 11 is 11.9. The van der Waals surface area contributed by atoms with Crippen LogP contribution in [0.3, 0.4) is 0 Å². The lowest BCUT2D eigenvalue weighted by Gasteiger charge is -2.45. The van der Waals surface area contributed by atoms with Crippen molar-refractivity contribution in [1.82, 2.24) is 0 Å². The van der Waals surface area contributed by atoms with Gasteiger partial charge in [-0.05, 0) is 42.2 Å². The molecule has 112 valence electrons. The molecular formula is C16H23Cl2NO. The van der Waals surface area contributed by atoms with E-state index in [4.69, 9.17) is 23.2 Å². The Kier molecular flexibility index (Phi) is 4.19. The first-order chi connectivity index (χ1) is 9.08. The SMILES string of the molecule is CC1(C)CC(Nc2cc(Cl)c(O)c(Cl)c2)CC(C)(C)C1. The summed E-state index contributed by atoms with van der Waals surface area (Å²) < 4.78 is 0. The highest BCUT2D eigenvalue weighted by Gasteiger charge is 2.38. The van der Waals surface area contributed by atoms with Gasteiger partial charge in [-0.3, -0.25) is 0 Å². The third-order valence-corrected chi connectivity index (χ3v) is 4.52. The highest BCUT2D eigenvalue weighted by atomic mass is 35.5. The second-order valence-corrected chi connectivity index (χ2v) is 8.36. The summed E-state index contributed by atoms with van der Waals surface area (Å²) in [5, 5.41) is 13.7. The maximum Gasteiger partial charge on any atom is 0.152 e. The van der Waals surface area contributed by atoms with Gasteiger partial charge >= 0.3 is 0 Å². The molecule has 0 unspecified atom stereocenters. The highest BCUT2D eigenvalue weighted by Crippen LogP contribution is 2.46. The van der Waals surface area contributed by atoms with E-state index in [1.165, 1.54) is 6.42 Å². The van der Waals surface area contributed by atoms with E-state index < -0.39 is 0 Å². The fourth-order valence-corrected chi connectivity index (χ4v) is 4.32. The molecule has 0 radical (unpaired) electrons. The van der Waals surface area contributed by atoms with Crippen LogP contribution < -0.4 is 5.32 Å². The van der Waals surface area contributed by atoms with Gasteiger partial charge in [0.15, 0.2) is 5.75 Å². The van der Waals surface area contributed by atoms with E-state index in [0.29, 0.717) is 16.9 Å². The molecule has 0 aliphatic heterocycles. The molecule has 0 heterocycles. The van der Waals surface area contributed by atoms with Crippen molar-refractivity contribution in [3.63, 3.8) is 0 Å². The standard InChI is InChI=1S/C16H23Cl2NO/c1-15(2)7-11(8-16(3,4)9-15)19-10-5-12(17)14(20)13(18)6-10/h5-6,11,19-20H,7-9H2,1-4H3. The summed E-state index contributed by atoms with van der Waals surface area (Å²) in [5.74, 6) is -0.0526. The Labute approximate surface area is 131 Å². The van der Waals surface area contributed by atoms with Crippen molar-refractivity contribution in [3.8, 4) is 5.75 Å². The van der Waals surface area contributed by atoms with E-state index in [1.807, 2.05) is 0 Å². The van der Waals surface area contributed by atoms with Crippen molar-refractivity contribution < 1.29 is 5.11 Å². The first-order valence-electron chi connectivity index (χ1n) is 7.03. The quantitative estimate of drug-likeness (QED) is 0.684.